The predicted molar refractivity (Wildman–Crippen MR) is 100 cm³/mol. The number of rotatable bonds is 3. The highest BCUT2D eigenvalue weighted by Crippen LogP contribution is 2.32. The van der Waals surface area contributed by atoms with Gasteiger partial charge in [-0.05, 0) is 24.3 Å². The lowest BCUT2D eigenvalue weighted by Gasteiger charge is -2.10. The lowest BCUT2D eigenvalue weighted by molar-refractivity contribution is 0.415. The summed E-state index contributed by atoms with van der Waals surface area (Å²) in [7, 11) is 1.65. The number of nitrogens with one attached hydrogen (secondary N) is 1. The molecule has 122 valence electrons. The average Bonchev–Trinajstić information content (AvgIpc) is 2.88. The molecular weight excluding hydrogens is 312 g/mol. The maximum absolute atomic E-state index is 5.33. The molecule has 4 rings (SSSR count). The van der Waals surface area contributed by atoms with Crippen molar-refractivity contribution in [2.75, 3.05) is 12.4 Å². The third kappa shape index (κ3) is 3.12. The monoisotopic (exact) mass is 328 g/mol. The summed E-state index contributed by atoms with van der Waals surface area (Å²) < 4.78 is 5.33. The van der Waals surface area contributed by atoms with Crippen LogP contribution in [0, 0.1) is 0 Å². The summed E-state index contributed by atoms with van der Waals surface area (Å²) in [6, 6.07) is 19.5. The first kappa shape index (κ1) is 15.1. The standard InChI is InChI=1S/C20H16N4O/c1-25-16-9-10-17-18(12-16)23-20(15-8-5-11-21-13-15)24-19(22-17)14-6-3-2-4-7-14/h2-13H,1H3,(H,22,23,24). The lowest BCUT2D eigenvalue weighted by atomic mass is 10.2. The van der Waals surface area contributed by atoms with E-state index in [0.717, 1.165) is 28.3 Å². The van der Waals surface area contributed by atoms with Gasteiger partial charge in [-0.25, -0.2) is 9.98 Å². The van der Waals surface area contributed by atoms with Crippen molar-refractivity contribution in [3.8, 4) is 5.75 Å². The summed E-state index contributed by atoms with van der Waals surface area (Å²) in [6.07, 6.45) is 3.52. The molecule has 0 spiro atoms. The van der Waals surface area contributed by atoms with Crippen LogP contribution in [0.4, 0.5) is 11.4 Å². The minimum Gasteiger partial charge on any atom is -0.497 e. The number of anilines is 1. The van der Waals surface area contributed by atoms with E-state index in [9.17, 15) is 0 Å². The Balaban J connectivity index is 1.88. The number of fused-ring (bicyclic) bond motifs is 1. The van der Waals surface area contributed by atoms with Crippen LogP contribution in [0.15, 0.2) is 83.0 Å². The smallest absolute Gasteiger partial charge is 0.162 e. The van der Waals surface area contributed by atoms with Crippen molar-refractivity contribution in [2.45, 2.75) is 0 Å². The first-order chi connectivity index (χ1) is 12.3. The van der Waals surface area contributed by atoms with Gasteiger partial charge < -0.3 is 10.1 Å². The number of hydrogen-bond acceptors (Lipinski definition) is 5. The molecule has 0 atom stereocenters. The van der Waals surface area contributed by atoms with Gasteiger partial charge in [0.1, 0.15) is 11.6 Å². The highest BCUT2D eigenvalue weighted by molar-refractivity contribution is 6.19. The van der Waals surface area contributed by atoms with Gasteiger partial charge >= 0.3 is 0 Å². The van der Waals surface area contributed by atoms with Crippen molar-refractivity contribution >= 4 is 23.0 Å². The van der Waals surface area contributed by atoms with E-state index in [1.54, 1.807) is 19.5 Å². The SMILES string of the molecule is COc1ccc2c(c1)NC(c1cccnc1)=NC(c1ccccc1)=N2. The molecule has 0 radical (unpaired) electrons. The largest absolute Gasteiger partial charge is 0.497 e. The van der Waals surface area contributed by atoms with Crippen molar-refractivity contribution < 1.29 is 4.74 Å². The van der Waals surface area contributed by atoms with Gasteiger partial charge in [0, 0.05) is 29.6 Å². The molecule has 0 amide bonds. The Hall–Kier alpha value is -3.47. The Bertz CT molecular complexity index is 950. The first-order valence-electron chi connectivity index (χ1n) is 7.92. The summed E-state index contributed by atoms with van der Waals surface area (Å²) in [5, 5.41) is 3.37. The van der Waals surface area contributed by atoms with E-state index >= 15 is 0 Å². The number of benzene rings is 2. The lowest BCUT2D eigenvalue weighted by Crippen LogP contribution is -2.15. The van der Waals surface area contributed by atoms with Crippen molar-refractivity contribution in [3.63, 3.8) is 0 Å². The second kappa shape index (κ2) is 6.57. The summed E-state index contributed by atoms with van der Waals surface area (Å²) >= 11 is 0. The van der Waals surface area contributed by atoms with E-state index in [4.69, 9.17) is 14.7 Å². The van der Waals surface area contributed by atoms with Crippen molar-refractivity contribution in [1.29, 1.82) is 0 Å². The summed E-state index contributed by atoms with van der Waals surface area (Å²) in [6.45, 7) is 0. The zero-order valence-electron chi connectivity index (χ0n) is 13.7. The molecule has 1 aromatic heterocycles. The molecule has 0 saturated carbocycles. The second-order valence-electron chi connectivity index (χ2n) is 5.51. The van der Waals surface area contributed by atoms with Crippen molar-refractivity contribution in [1.82, 2.24) is 4.98 Å². The van der Waals surface area contributed by atoms with Gasteiger partial charge in [-0.2, -0.15) is 0 Å². The van der Waals surface area contributed by atoms with E-state index in [1.807, 2.05) is 60.7 Å². The van der Waals surface area contributed by atoms with Gasteiger partial charge in [0.15, 0.2) is 5.84 Å². The van der Waals surface area contributed by atoms with Crippen LogP contribution in [-0.4, -0.2) is 23.8 Å². The molecule has 2 aromatic carbocycles. The average molecular weight is 328 g/mol. The fourth-order valence-electron chi connectivity index (χ4n) is 2.60. The van der Waals surface area contributed by atoms with Crippen LogP contribution < -0.4 is 10.1 Å². The molecule has 0 aliphatic carbocycles. The quantitative estimate of drug-likeness (QED) is 0.789. The molecule has 0 bridgehead atoms. The highest BCUT2D eigenvalue weighted by Gasteiger charge is 2.16. The third-order valence-corrected chi connectivity index (χ3v) is 3.87. The van der Waals surface area contributed by atoms with Crippen LogP contribution in [0.2, 0.25) is 0 Å². The maximum atomic E-state index is 5.33. The number of methoxy groups -OCH3 is 1. The van der Waals surface area contributed by atoms with Gasteiger partial charge in [-0.15, -0.1) is 0 Å². The Labute approximate surface area is 145 Å². The number of hydrogen-bond donors (Lipinski definition) is 1. The Morgan fingerprint density at radius 2 is 1.72 bits per heavy atom. The van der Waals surface area contributed by atoms with Crippen LogP contribution in [0.5, 0.6) is 5.75 Å². The molecule has 0 fully saturated rings. The number of nitrogens with zero attached hydrogens (tertiary/aromatic N) is 3. The minimum absolute atomic E-state index is 0.649. The molecule has 2 heterocycles. The van der Waals surface area contributed by atoms with Gasteiger partial charge in [0.05, 0.1) is 18.5 Å². The van der Waals surface area contributed by atoms with Crippen LogP contribution >= 0.6 is 0 Å². The fraction of sp³-hybridized carbons (Fsp3) is 0.0500. The number of pyridine rings is 1. The predicted octanol–water partition coefficient (Wildman–Crippen LogP) is 4.04. The van der Waals surface area contributed by atoms with Crippen LogP contribution in [0.1, 0.15) is 11.1 Å². The summed E-state index contributed by atoms with van der Waals surface area (Å²) in [5.74, 6) is 2.11. The van der Waals surface area contributed by atoms with Gasteiger partial charge in [0.25, 0.3) is 0 Å². The summed E-state index contributed by atoms with van der Waals surface area (Å²) in [4.78, 5) is 13.7. The summed E-state index contributed by atoms with van der Waals surface area (Å²) in [5.41, 5.74) is 3.49. The fourth-order valence-corrected chi connectivity index (χ4v) is 2.60. The van der Waals surface area contributed by atoms with Crippen LogP contribution in [0.3, 0.4) is 0 Å². The molecular formula is C20H16N4O. The molecule has 5 heteroatoms. The maximum Gasteiger partial charge on any atom is 0.162 e. The molecule has 25 heavy (non-hydrogen) atoms. The number of amidine groups is 2. The molecule has 5 nitrogen and oxygen atoms in total. The number of aliphatic imine (C=N–C) groups is 2. The van der Waals surface area contributed by atoms with Crippen molar-refractivity contribution in [2.24, 2.45) is 9.98 Å². The van der Waals surface area contributed by atoms with E-state index in [1.165, 1.54) is 0 Å². The van der Waals surface area contributed by atoms with E-state index in [2.05, 4.69) is 10.3 Å². The first-order valence-corrected chi connectivity index (χ1v) is 7.92. The molecule has 0 unspecified atom stereocenters. The van der Waals surface area contributed by atoms with E-state index in [-0.39, 0.29) is 0 Å². The van der Waals surface area contributed by atoms with Gasteiger partial charge in [0.2, 0.25) is 0 Å². The molecule has 3 aromatic rings. The number of aromatic nitrogens is 1. The Morgan fingerprint density at radius 1 is 0.880 bits per heavy atom. The third-order valence-electron chi connectivity index (χ3n) is 3.87. The zero-order chi connectivity index (χ0) is 17.1. The molecule has 1 aliphatic heterocycles. The van der Waals surface area contributed by atoms with Gasteiger partial charge in [-0.1, -0.05) is 30.3 Å². The number of ether oxygens (including phenoxy) is 1. The van der Waals surface area contributed by atoms with Crippen LogP contribution in [0.25, 0.3) is 0 Å². The topological polar surface area (TPSA) is 58.9 Å². The van der Waals surface area contributed by atoms with Crippen LogP contribution in [-0.2, 0) is 0 Å². The van der Waals surface area contributed by atoms with E-state index in [0.29, 0.717) is 11.7 Å². The second-order valence-corrected chi connectivity index (χ2v) is 5.51. The van der Waals surface area contributed by atoms with Crippen molar-refractivity contribution in [3.05, 3.63) is 84.2 Å². The molecule has 1 aliphatic rings. The van der Waals surface area contributed by atoms with Gasteiger partial charge in [-0.3, -0.25) is 4.98 Å². The Kier molecular flexibility index (Phi) is 3.96. The normalized spacial score (nSPS) is 13.0. The highest BCUT2D eigenvalue weighted by atomic mass is 16.5. The molecule has 0 saturated heterocycles. The minimum atomic E-state index is 0.649. The zero-order valence-corrected chi connectivity index (χ0v) is 13.7. The molecule has 1 N–H and O–H groups in total. The Morgan fingerprint density at radius 3 is 2.48 bits per heavy atom. The van der Waals surface area contributed by atoms with E-state index < -0.39 is 0 Å².